The molecule has 1 fully saturated rings. The van der Waals surface area contributed by atoms with Gasteiger partial charge in [0, 0.05) is 6.54 Å². The van der Waals surface area contributed by atoms with E-state index in [0.29, 0.717) is 13.0 Å². The highest BCUT2D eigenvalue weighted by Gasteiger charge is 2.36. The van der Waals surface area contributed by atoms with Crippen molar-refractivity contribution < 1.29 is 33.4 Å². The van der Waals surface area contributed by atoms with Crippen LogP contribution in [0.3, 0.4) is 0 Å². The Labute approximate surface area is 188 Å². The standard InChI is InChI=1S/C23H33FN2O6/c1-23(2,3)32-20(28)13-17(19(27)14-24)25-21(29)18-11-7-8-12-26(18)22(30)31-15-16-9-5-4-6-10-16/h4-6,9-10,17-19,27H,7-8,11-15H2,1-3H3,(H,25,29). The number of amides is 2. The molecule has 1 aliphatic heterocycles. The molecular weight excluding hydrogens is 419 g/mol. The highest BCUT2D eigenvalue weighted by atomic mass is 19.1. The molecule has 8 nitrogen and oxygen atoms in total. The first kappa shape index (κ1) is 25.6. The van der Waals surface area contributed by atoms with E-state index in [1.54, 1.807) is 20.8 Å². The number of carbonyl (C=O) groups is 3. The van der Waals surface area contributed by atoms with Gasteiger partial charge in [-0.1, -0.05) is 30.3 Å². The molecule has 2 N–H and O–H groups in total. The van der Waals surface area contributed by atoms with Gasteiger partial charge in [-0.05, 0) is 45.6 Å². The van der Waals surface area contributed by atoms with Gasteiger partial charge in [0.15, 0.2) is 0 Å². The number of rotatable bonds is 8. The zero-order valence-electron chi connectivity index (χ0n) is 18.9. The van der Waals surface area contributed by atoms with Crippen molar-refractivity contribution in [2.75, 3.05) is 13.2 Å². The van der Waals surface area contributed by atoms with Gasteiger partial charge in [-0.3, -0.25) is 14.5 Å². The van der Waals surface area contributed by atoms with E-state index < -0.39 is 48.4 Å². The summed E-state index contributed by atoms with van der Waals surface area (Å²) in [5.41, 5.74) is 0.0667. The van der Waals surface area contributed by atoms with Crippen LogP contribution in [0, 0.1) is 0 Å². The van der Waals surface area contributed by atoms with Gasteiger partial charge in [0.25, 0.3) is 0 Å². The molecule has 1 aromatic carbocycles. The highest BCUT2D eigenvalue weighted by molar-refractivity contribution is 5.86. The number of piperidine rings is 1. The molecule has 1 saturated heterocycles. The van der Waals surface area contributed by atoms with E-state index in [-0.39, 0.29) is 13.0 Å². The molecule has 2 rings (SSSR count). The summed E-state index contributed by atoms with van der Waals surface area (Å²) in [4.78, 5) is 39.1. The summed E-state index contributed by atoms with van der Waals surface area (Å²) in [5, 5.41) is 12.5. The largest absolute Gasteiger partial charge is 0.460 e. The van der Waals surface area contributed by atoms with Gasteiger partial charge in [0.05, 0.1) is 12.5 Å². The van der Waals surface area contributed by atoms with Gasteiger partial charge in [-0.2, -0.15) is 0 Å². The van der Waals surface area contributed by atoms with Crippen LogP contribution < -0.4 is 5.32 Å². The molecule has 3 unspecified atom stereocenters. The molecule has 3 atom stereocenters. The van der Waals surface area contributed by atoms with Crippen LogP contribution in [0.4, 0.5) is 9.18 Å². The number of nitrogens with zero attached hydrogens (tertiary/aromatic N) is 1. The molecule has 0 radical (unpaired) electrons. The van der Waals surface area contributed by atoms with Gasteiger partial charge in [-0.15, -0.1) is 0 Å². The predicted molar refractivity (Wildman–Crippen MR) is 115 cm³/mol. The number of ether oxygens (including phenoxy) is 2. The molecule has 9 heteroatoms. The quantitative estimate of drug-likeness (QED) is 0.588. The second-order valence-corrected chi connectivity index (χ2v) is 8.87. The first-order valence-corrected chi connectivity index (χ1v) is 10.8. The van der Waals surface area contributed by atoms with Crippen molar-refractivity contribution in [2.45, 2.75) is 76.9 Å². The fraction of sp³-hybridized carbons (Fsp3) is 0.609. The number of carbonyl (C=O) groups excluding carboxylic acids is 3. The summed E-state index contributed by atoms with van der Waals surface area (Å²) in [7, 11) is 0. The van der Waals surface area contributed by atoms with Crippen molar-refractivity contribution in [1.82, 2.24) is 10.2 Å². The number of esters is 1. The summed E-state index contributed by atoms with van der Waals surface area (Å²) < 4.78 is 23.7. The zero-order chi connectivity index (χ0) is 23.7. The Hall–Kier alpha value is -2.68. The van der Waals surface area contributed by atoms with Crippen LogP contribution in [0.15, 0.2) is 30.3 Å². The molecule has 1 heterocycles. The number of nitrogens with one attached hydrogen (secondary N) is 1. The summed E-state index contributed by atoms with van der Waals surface area (Å²) >= 11 is 0. The average Bonchev–Trinajstić information content (AvgIpc) is 2.75. The number of benzene rings is 1. The Bertz CT molecular complexity index is 768. The van der Waals surface area contributed by atoms with E-state index in [0.717, 1.165) is 18.4 Å². The first-order chi connectivity index (χ1) is 15.1. The lowest BCUT2D eigenvalue weighted by Gasteiger charge is -2.35. The smallest absolute Gasteiger partial charge is 0.410 e. The third-order valence-corrected chi connectivity index (χ3v) is 5.00. The Morgan fingerprint density at radius 2 is 1.91 bits per heavy atom. The minimum atomic E-state index is -1.58. The number of alkyl halides is 1. The van der Waals surface area contributed by atoms with Crippen LogP contribution in [0.1, 0.15) is 52.0 Å². The first-order valence-electron chi connectivity index (χ1n) is 10.8. The van der Waals surface area contributed by atoms with Crippen molar-refractivity contribution in [2.24, 2.45) is 0 Å². The maximum absolute atomic E-state index is 13.1. The number of halogens is 1. The Morgan fingerprint density at radius 1 is 1.22 bits per heavy atom. The third kappa shape index (κ3) is 8.11. The fourth-order valence-electron chi connectivity index (χ4n) is 3.46. The monoisotopic (exact) mass is 452 g/mol. The number of aliphatic hydroxyl groups excluding tert-OH is 1. The van der Waals surface area contributed by atoms with E-state index >= 15 is 0 Å². The van der Waals surface area contributed by atoms with Crippen LogP contribution in [-0.2, 0) is 25.7 Å². The molecule has 178 valence electrons. The van der Waals surface area contributed by atoms with Crippen molar-refractivity contribution >= 4 is 18.0 Å². The Morgan fingerprint density at radius 3 is 2.53 bits per heavy atom. The van der Waals surface area contributed by atoms with Crippen molar-refractivity contribution in [3.8, 4) is 0 Å². The van der Waals surface area contributed by atoms with E-state index in [4.69, 9.17) is 9.47 Å². The molecule has 1 aliphatic rings. The lowest BCUT2D eigenvalue weighted by atomic mass is 10.0. The fourth-order valence-corrected chi connectivity index (χ4v) is 3.46. The summed E-state index contributed by atoms with van der Waals surface area (Å²) in [6.07, 6.45) is -0.741. The van der Waals surface area contributed by atoms with Gasteiger partial charge in [-0.25, -0.2) is 9.18 Å². The second kappa shape index (κ2) is 11.8. The lowest BCUT2D eigenvalue weighted by molar-refractivity contribution is -0.156. The number of likely N-dealkylation sites (tertiary alicyclic amines) is 1. The minimum absolute atomic E-state index is 0.0757. The average molecular weight is 453 g/mol. The second-order valence-electron chi connectivity index (χ2n) is 8.87. The minimum Gasteiger partial charge on any atom is -0.460 e. The van der Waals surface area contributed by atoms with E-state index in [1.165, 1.54) is 4.90 Å². The van der Waals surface area contributed by atoms with Crippen LogP contribution in [-0.4, -0.2) is 65.0 Å². The summed E-state index contributed by atoms with van der Waals surface area (Å²) in [6.45, 7) is 4.34. The van der Waals surface area contributed by atoms with Crippen molar-refractivity contribution in [3.05, 3.63) is 35.9 Å². The van der Waals surface area contributed by atoms with Gasteiger partial charge >= 0.3 is 12.1 Å². The molecule has 0 aliphatic carbocycles. The zero-order valence-corrected chi connectivity index (χ0v) is 18.9. The lowest BCUT2D eigenvalue weighted by Crippen LogP contribution is -2.56. The maximum atomic E-state index is 13.1. The third-order valence-electron chi connectivity index (χ3n) is 5.00. The molecule has 0 bridgehead atoms. The Balaban J connectivity index is 2.02. The normalized spacial score (nSPS) is 18.4. The van der Waals surface area contributed by atoms with Crippen molar-refractivity contribution in [1.29, 1.82) is 0 Å². The van der Waals surface area contributed by atoms with Crippen molar-refractivity contribution in [3.63, 3.8) is 0 Å². The molecule has 0 spiro atoms. The van der Waals surface area contributed by atoms with Crippen LogP contribution in [0.2, 0.25) is 0 Å². The maximum Gasteiger partial charge on any atom is 0.410 e. The molecule has 1 aromatic rings. The summed E-state index contributed by atoms with van der Waals surface area (Å²) in [5.74, 6) is -1.24. The number of hydrogen-bond acceptors (Lipinski definition) is 6. The predicted octanol–water partition coefficient (Wildman–Crippen LogP) is 2.72. The van der Waals surface area contributed by atoms with Gasteiger partial charge in [0.1, 0.15) is 31.0 Å². The molecular formula is C23H33FN2O6. The summed E-state index contributed by atoms with van der Waals surface area (Å²) in [6, 6.07) is 7.17. The molecule has 0 saturated carbocycles. The number of aliphatic hydroxyl groups is 1. The SMILES string of the molecule is CC(C)(C)OC(=O)CC(NC(=O)C1CCCCN1C(=O)OCc1ccccc1)C(O)CF. The highest BCUT2D eigenvalue weighted by Crippen LogP contribution is 2.20. The van der Waals surface area contributed by atoms with Crippen LogP contribution >= 0.6 is 0 Å². The van der Waals surface area contributed by atoms with Gasteiger partial charge < -0.3 is 19.9 Å². The number of hydrogen-bond donors (Lipinski definition) is 2. The van der Waals surface area contributed by atoms with Gasteiger partial charge in [0.2, 0.25) is 5.91 Å². The topological polar surface area (TPSA) is 105 Å². The van der Waals surface area contributed by atoms with Crippen LogP contribution in [0.5, 0.6) is 0 Å². The molecule has 0 aromatic heterocycles. The Kier molecular flexibility index (Phi) is 9.43. The van der Waals surface area contributed by atoms with Crippen LogP contribution in [0.25, 0.3) is 0 Å². The van der Waals surface area contributed by atoms with E-state index in [1.807, 2.05) is 30.3 Å². The molecule has 32 heavy (non-hydrogen) atoms. The van der Waals surface area contributed by atoms with E-state index in [2.05, 4.69) is 5.32 Å². The molecule has 2 amide bonds. The van der Waals surface area contributed by atoms with E-state index in [9.17, 15) is 23.9 Å².